The van der Waals surface area contributed by atoms with Crippen LogP contribution in [0.1, 0.15) is 23.2 Å². The van der Waals surface area contributed by atoms with Gasteiger partial charge in [-0.1, -0.05) is 36.4 Å². The zero-order valence-corrected chi connectivity index (χ0v) is 15.0. The molecule has 1 aliphatic rings. The van der Waals surface area contributed by atoms with Crippen LogP contribution in [0, 0.1) is 5.92 Å². The average Bonchev–Trinajstić information content (AvgIpc) is 3.09. The van der Waals surface area contributed by atoms with Gasteiger partial charge in [0.2, 0.25) is 0 Å². The lowest BCUT2D eigenvalue weighted by molar-refractivity contribution is -0.143. The minimum absolute atomic E-state index is 0.0784. The molecule has 1 saturated heterocycles. The first-order valence-electron chi connectivity index (χ1n) is 9.27. The van der Waals surface area contributed by atoms with E-state index >= 15 is 0 Å². The van der Waals surface area contributed by atoms with Crippen LogP contribution in [0.25, 0.3) is 16.6 Å². The number of hydrogen-bond acceptors (Lipinski definition) is 3. The van der Waals surface area contributed by atoms with E-state index in [4.69, 9.17) is 5.11 Å². The number of ketones is 1. The third kappa shape index (κ3) is 3.51. The Hall–Kier alpha value is -2.92. The van der Waals surface area contributed by atoms with Crippen molar-refractivity contribution in [1.29, 1.82) is 0 Å². The van der Waals surface area contributed by atoms with Gasteiger partial charge in [0, 0.05) is 22.8 Å². The van der Waals surface area contributed by atoms with Crippen molar-refractivity contribution in [1.82, 2.24) is 9.47 Å². The lowest BCUT2D eigenvalue weighted by Gasteiger charge is -2.29. The van der Waals surface area contributed by atoms with Crippen LogP contribution in [-0.2, 0) is 4.79 Å². The maximum absolute atomic E-state index is 13.0. The van der Waals surface area contributed by atoms with Crippen molar-refractivity contribution in [3.05, 3.63) is 66.4 Å². The lowest BCUT2D eigenvalue weighted by Crippen LogP contribution is -2.39. The van der Waals surface area contributed by atoms with Crippen LogP contribution in [0.3, 0.4) is 0 Å². The fourth-order valence-corrected chi connectivity index (χ4v) is 3.83. The number of rotatable bonds is 5. The van der Waals surface area contributed by atoms with E-state index in [0.717, 1.165) is 22.2 Å². The molecule has 1 aromatic heterocycles. The molecule has 27 heavy (non-hydrogen) atoms. The first-order valence-corrected chi connectivity index (χ1v) is 9.27. The summed E-state index contributed by atoms with van der Waals surface area (Å²) in [6, 6.07) is 17.9. The zero-order valence-electron chi connectivity index (χ0n) is 15.0. The van der Waals surface area contributed by atoms with E-state index in [1.807, 2.05) is 60.8 Å². The van der Waals surface area contributed by atoms with Gasteiger partial charge in [-0.05, 0) is 44.1 Å². The van der Waals surface area contributed by atoms with E-state index in [0.29, 0.717) is 32.5 Å². The Labute approximate surface area is 157 Å². The molecule has 5 heteroatoms. The summed E-state index contributed by atoms with van der Waals surface area (Å²) >= 11 is 0. The predicted molar refractivity (Wildman–Crippen MR) is 104 cm³/mol. The number of benzene rings is 2. The number of carbonyl (C=O) groups excluding carboxylic acids is 1. The summed E-state index contributed by atoms with van der Waals surface area (Å²) in [7, 11) is 0. The van der Waals surface area contributed by atoms with Gasteiger partial charge >= 0.3 is 5.97 Å². The number of hydrogen-bond donors (Lipinski definition) is 1. The lowest BCUT2D eigenvalue weighted by atomic mass is 9.96. The summed E-state index contributed by atoms with van der Waals surface area (Å²) in [5.41, 5.74) is 2.75. The molecule has 3 aromatic rings. The molecule has 138 valence electrons. The number of fused-ring (bicyclic) bond motifs is 1. The van der Waals surface area contributed by atoms with E-state index in [1.165, 1.54) is 0 Å². The number of carboxylic acids is 1. The zero-order chi connectivity index (χ0) is 18.8. The average molecular weight is 362 g/mol. The highest BCUT2D eigenvalue weighted by atomic mass is 16.4. The van der Waals surface area contributed by atoms with Crippen molar-refractivity contribution in [2.75, 3.05) is 19.6 Å². The number of para-hydroxylation sites is 2. The molecule has 1 aliphatic heterocycles. The van der Waals surface area contributed by atoms with Crippen molar-refractivity contribution in [3.63, 3.8) is 0 Å². The van der Waals surface area contributed by atoms with Crippen molar-refractivity contribution < 1.29 is 14.7 Å². The summed E-state index contributed by atoms with van der Waals surface area (Å²) in [4.78, 5) is 26.2. The SMILES string of the molecule is O=C(CN1CCC(C(=O)O)CC1)c1cn(-c2ccccc2)c2ccccc12. The Morgan fingerprint density at radius 1 is 0.963 bits per heavy atom. The molecule has 0 bridgehead atoms. The molecule has 1 fully saturated rings. The first kappa shape index (κ1) is 17.5. The summed E-state index contributed by atoms with van der Waals surface area (Å²) in [5.74, 6) is -0.932. The van der Waals surface area contributed by atoms with Gasteiger partial charge < -0.3 is 9.67 Å². The quantitative estimate of drug-likeness (QED) is 0.705. The summed E-state index contributed by atoms with van der Waals surface area (Å²) < 4.78 is 2.05. The Bertz CT molecular complexity index is 970. The Morgan fingerprint density at radius 2 is 1.63 bits per heavy atom. The predicted octanol–water partition coefficient (Wildman–Crippen LogP) is 3.61. The van der Waals surface area contributed by atoms with Gasteiger partial charge in [0.1, 0.15) is 0 Å². The third-order valence-corrected chi connectivity index (χ3v) is 5.35. The van der Waals surface area contributed by atoms with E-state index in [-0.39, 0.29) is 11.7 Å². The molecule has 4 rings (SSSR count). The Balaban J connectivity index is 1.59. The number of nitrogens with zero attached hydrogens (tertiary/aromatic N) is 2. The van der Waals surface area contributed by atoms with Gasteiger partial charge in [-0.25, -0.2) is 0 Å². The minimum Gasteiger partial charge on any atom is -0.481 e. The topological polar surface area (TPSA) is 62.5 Å². The van der Waals surface area contributed by atoms with E-state index < -0.39 is 5.97 Å². The molecular weight excluding hydrogens is 340 g/mol. The fraction of sp³-hybridized carbons (Fsp3) is 0.273. The van der Waals surface area contributed by atoms with Crippen LogP contribution in [0.2, 0.25) is 0 Å². The van der Waals surface area contributed by atoms with Crippen LogP contribution < -0.4 is 0 Å². The molecule has 0 spiro atoms. The number of carboxylic acid groups (broad SMARTS) is 1. The van der Waals surface area contributed by atoms with Gasteiger partial charge in [-0.3, -0.25) is 14.5 Å². The molecule has 0 aliphatic carbocycles. The van der Waals surface area contributed by atoms with Crippen molar-refractivity contribution in [2.24, 2.45) is 5.92 Å². The molecule has 2 aromatic carbocycles. The first-order chi connectivity index (χ1) is 13.1. The smallest absolute Gasteiger partial charge is 0.306 e. The summed E-state index contributed by atoms with van der Waals surface area (Å²) in [6.07, 6.45) is 3.13. The molecule has 0 unspecified atom stereocenters. The Morgan fingerprint density at radius 3 is 2.33 bits per heavy atom. The Kier molecular flexibility index (Phi) is 4.77. The van der Waals surface area contributed by atoms with Gasteiger partial charge in [-0.2, -0.15) is 0 Å². The molecule has 1 N–H and O–H groups in total. The van der Waals surface area contributed by atoms with Crippen LogP contribution in [0.5, 0.6) is 0 Å². The fourth-order valence-electron chi connectivity index (χ4n) is 3.83. The van der Waals surface area contributed by atoms with E-state index in [9.17, 15) is 9.59 Å². The van der Waals surface area contributed by atoms with Gasteiger partial charge in [0.25, 0.3) is 0 Å². The number of aliphatic carboxylic acids is 1. The molecule has 0 saturated carbocycles. The standard InChI is InChI=1S/C22H22N2O3/c25-21(15-23-12-10-16(11-13-23)22(26)27)19-14-24(17-6-2-1-3-7-17)20-9-5-4-8-18(19)20/h1-9,14,16H,10-13,15H2,(H,26,27). The molecule has 0 amide bonds. The number of Topliss-reactive ketones (excluding diaryl/α,β-unsaturated/α-hetero) is 1. The van der Waals surface area contributed by atoms with Crippen LogP contribution >= 0.6 is 0 Å². The third-order valence-electron chi connectivity index (χ3n) is 5.35. The second kappa shape index (κ2) is 7.37. The summed E-state index contributed by atoms with van der Waals surface area (Å²) in [6.45, 7) is 1.63. The van der Waals surface area contributed by atoms with Crippen LogP contribution in [0.15, 0.2) is 60.8 Å². The van der Waals surface area contributed by atoms with E-state index in [2.05, 4.69) is 9.47 Å². The van der Waals surface area contributed by atoms with Gasteiger partial charge in [0.15, 0.2) is 5.78 Å². The molecular formula is C22H22N2O3. The second-order valence-electron chi connectivity index (χ2n) is 7.08. The number of piperidine rings is 1. The maximum atomic E-state index is 13.0. The second-order valence-corrected chi connectivity index (χ2v) is 7.08. The van der Waals surface area contributed by atoms with Gasteiger partial charge in [-0.15, -0.1) is 0 Å². The van der Waals surface area contributed by atoms with Crippen molar-refractivity contribution in [3.8, 4) is 5.69 Å². The molecule has 0 radical (unpaired) electrons. The minimum atomic E-state index is -0.730. The van der Waals surface area contributed by atoms with Crippen molar-refractivity contribution >= 4 is 22.7 Å². The number of aromatic nitrogens is 1. The molecule has 2 heterocycles. The highest BCUT2D eigenvalue weighted by Gasteiger charge is 2.26. The highest BCUT2D eigenvalue weighted by Crippen LogP contribution is 2.26. The monoisotopic (exact) mass is 362 g/mol. The number of carbonyl (C=O) groups is 2. The van der Waals surface area contributed by atoms with E-state index in [1.54, 1.807) is 0 Å². The van der Waals surface area contributed by atoms with Crippen LogP contribution in [-0.4, -0.2) is 46.0 Å². The largest absolute Gasteiger partial charge is 0.481 e. The van der Waals surface area contributed by atoms with Crippen molar-refractivity contribution in [2.45, 2.75) is 12.8 Å². The highest BCUT2D eigenvalue weighted by molar-refractivity contribution is 6.09. The normalized spacial score (nSPS) is 15.9. The van der Waals surface area contributed by atoms with Crippen LogP contribution in [0.4, 0.5) is 0 Å². The number of likely N-dealkylation sites (tertiary alicyclic amines) is 1. The summed E-state index contributed by atoms with van der Waals surface area (Å²) in [5, 5.41) is 10.1. The molecule has 5 nitrogen and oxygen atoms in total. The molecule has 0 atom stereocenters. The maximum Gasteiger partial charge on any atom is 0.306 e. The van der Waals surface area contributed by atoms with Gasteiger partial charge in [0.05, 0.1) is 18.0 Å².